The number of nitrogens with zero attached hydrogens (tertiary/aromatic N) is 1. The second-order valence-electron chi connectivity index (χ2n) is 6.13. The summed E-state index contributed by atoms with van der Waals surface area (Å²) in [6.45, 7) is 5.22. The Morgan fingerprint density at radius 2 is 1.68 bits per heavy atom. The highest BCUT2D eigenvalue weighted by Gasteiger charge is 2.36. The van der Waals surface area contributed by atoms with Gasteiger partial charge in [0.15, 0.2) is 0 Å². The molecule has 0 aromatic rings. The highest BCUT2D eigenvalue weighted by Crippen LogP contribution is 2.28. The SMILES string of the molecule is CCCNC1CCC(N2C(=O)CC(C)CC2=O)CC1. The predicted octanol–water partition coefficient (Wildman–Crippen LogP) is 2.08. The maximum Gasteiger partial charge on any atom is 0.229 e. The molecule has 1 heterocycles. The molecule has 4 nitrogen and oxygen atoms in total. The number of nitrogens with one attached hydrogen (secondary N) is 1. The maximum atomic E-state index is 12.1. The lowest BCUT2D eigenvalue weighted by Crippen LogP contribution is -2.51. The number of piperidine rings is 1. The first-order valence-electron chi connectivity index (χ1n) is 7.70. The molecule has 0 unspecified atom stereocenters. The van der Waals surface area contributed by atoms with Crippen LogP contribution in [0.3, 0.4) is 0 Å². The molecule has 108 valence electrons. The molecule has 0 aromatic heterocycles. The highest BCUT2D eigenvalue weighted by atomic mass is 16.2. The third-order valence-corrected chi connectivity index (χ3v) is 4.33. The van der Waals surface area contributed by atoms with Gasteiger partial charge in [-0.2, -0.15) is 0 Å². The molecule has 0 atom stereocenters. The number of amides is 2. The lowest BCUT2D eigenvalue weighted by molar-refractivity contribution is -0.153. The van der Waals surface area contributed by atoms with Gasteiger partial charge in [0.05, 0.1) is 0 Å². The van der Waals surface area contributed by atoms with E-state index in [2.05, 4.69) is 12.2 Å². The molecule has 4 heteroatoms. The minimum Gasteiger partial charge on any atom is -0.314 e. The van der Waals surface area contributed by atoms with E-state index >= 15 is 0 Å². The van der Waals surface area contributed by atoms with Crippen molar-refractivity contribution in [3.8, 4) is 0 Å². The summed E-state index contributed by atoms with van der Waals surface area (Å²) < 4.78 is 0. The Kier molecular flexibility index (Phi) is 4.97. The summed E-state index contributed by atoms with van der Waals surface area (Å²) in [6, 6.07) is 0.734. The summed E-state index contributed by atoms with van der Waals surface area (Å²) in [5.41, 5.74) is 0. The molecule has 2 fully saturated rings. The number of carbonyl (C=O) groups is 2. The lowest BCUT2D eigenvalue weighted by atomic mass is 9.87. The van der Waals surface area contributed by atoms with Crippen molar-refractivity contribution in [1.82, 2.24) is 10.2 Å². The Hall–Kier alpha value is -0.900. The van der Waals surface area contributed by atoms with Gasteiger partial charge < -0.3 is 5.32 Å². The Balaban J connectivity index is 1.86. The van der Waals surface area contributed by atoms with Crippen LogP contribution in [0.25, 0.3) is 0 Å². The monoisotopic (exact) mass is 266 g/mol. The van der Waals surface area contributed by atoms with Crippen LogP contribution in [0.1, 0.15) is 58.8 Å². The van der Waals surface area contributed by atoms with Crippen molar-refractivity contribution < 1.29 is 9.59 Å². The Morgan fingerprint density at radius 3 is 2.21 bits per heavy atom. The summed E-state index contributed by atoms with van der Waals surface area (Å²) in [6.07, 6.45) is 6.33. The van der Waals surface area contributed by atoms with Gasteiger partial charge in [-0.1, -0.05) is 13.8 Å². The van der Waals surface area contributed by atoms with Gasteiger partial charge in [-0.05, 0) is 44.6 Å². The fourth-order valence-corrected chi connectivity index (χ4v) is 3.30. The van der Waals surface area contributed by atoms with Crippen LogP contribution in [0.4, 0.5) is 0 Å². The van der Waals surface area contributed by atoms with Crippen molar-refractivity contribution in [3.05, 3.63) is 0 Å². The van der Waals surface area contributed by atoms with Crippen LogP contribution >= 0.6 is 0 Å². The average Bonchev–Trinajstić information content (AvgIpc) is 2.36. The van der Waals surface area contributed by atoms with Crippen LogP contribution in [0.15, 0.2) is 0 Å². The second-order valence-corrected chi connectivity index (χ2v) is 6.13. The molecule has 1 saturated carbocycles. The Labute approximate surface area is 115 Å². The van der Waals surface area contributed by atoms with E-state index < -0.39 is 0 Å². The predicted molar refractivity (Wildman–Crippen MR) is 74.6 cm³/mol. The number of imide groups is 1. The van der Waals surface area contributed by atoms with Gasteiger partial charge in [0, 0.05) is 24.9 Å². The molecule has 1 aliphatic heterocycles. The van der Waals surface area contributed by atoms with Crippen molar-refractivity contribution in [1.29, 1.82) is 0 Å². The summed E-state index contributed by atoms with van der Waals surface area (Å²) in [4.78, 5) is 25.7. The number of rotatable bonds is 4. The van der Waals surface area contributed by atoms with Crippen molar-refractivity contribution in [2.45, 2.75) is 70.9 Å². The molecule has 2 rings (SSSR count). The quantitative estimate of drug-likeness (QED) is 0.793. The van der Waals surface area contributed by atoms with E-state index in [9.17, 15) is 9.59 Å². The average molecular weight is 266 g/mol. The number of hydrogen-bond donors (Lipinski definition) is 1. The molecule has 0 radical (unpaired) electrons. The summed E-state index contributed by atoms with van der Waals surface area (Å²) in [5, 5.41) is 3.54. The van der Waals surface area contributed by atoms with Gasteiger partial charge in [0.25, 0.3) is 0 Å². The molecular weight excluding hydrogens is 240 g/mol. The van der Waals surface area contributed by atoms with E-state index in [1.807, 2.05) is 6.92 Å². The molecule has 0 bridgehead atoms. The summed E-state index contributed by atoms with van der Waals surface area (Å²) in [7, 11) is 0. The van der Waals surface area contributed by atoms with Crippen molar-refractivity contribution in [2.24, 2.45) is 5.92 Å². The van der Waals surface area contributed by atoms with Crippen molar-refractivity contribution in [3.63, 3.8) is 0 Å². The smallest absolute Gasteiger partial charge is 0.229 e. The zero-order chi connectivity index (χ0) is 13.8. The molecule has 1 aliphatic carbocycles. The van der Waals surface area contributed by atoms with Gasteiger partial charge in [0.2, 0.25) is 11.8 Å². The zero-order valence-corrected chi connectivity index (χ0v) is 12.2. The van der Waals surface area contributed by atoms with Crippen LogP contribution in [-0.4, -0.2) is 35.3 Å². The largest absolute Gasteiger partial charge is 0.314 e. The van der Waals surface area contributed by atoms with E-state index in [0.29, 0.717) is 18.9 Å². The van der Waals surface area contributed by atoms with E-state index in [1.54, 1.807) is 4.90 Å². The van der Waals surface area contributed by atoms with Gasteiger partial charge in [-0.3, -0.25) is 14.5 Å². The standard InChI is InChI=1S/C15H26N2O2/c1-3-8-16-12-4-6-13(7-5-12)17-14(18)9-11(2)10-15(17)19/h11-13,16H,3-10H2,1-2H3. The van der Waals surface area contributed by atoms with E-state index in [1.165, 1.54) is 0 Å². The van der Waals surface area contributed by atoms with Crippen molar-refractivity contribution >= 4 is 11.8 Å². The van der Waals surface area contributed by atoms with Gasteiger partial charge in [-0.25, -0.2) is 0 Å². The van der Waals surface area contributed by atoms with Crippen LogP contribution in [-0.2, 0) is 9.59 Å². The normalized spacial score (nSPS) is 29.9. The molecule has 0 spiro atoms. The first-order valence-corrected chi connectivity index (χ1v) is 7.70. The third-order valence-electron chi connectivity index (χ3n) is 4.33. The molecule has 0 aromatic carbocycles. The van der Waals surface area contributed by atoms with E-state index in [4.69, 9.17) is 0 Å². The highest BCUT2D eigenvalue weighted by molar-refractivity contribution is 5.98. The fourth-order valence-electron chi connectivity index (χ4n) is 3.30. The first kappa shape index (κ1) is 14.5. The first-order chi connectivity index (χ1) is 9.11. The van der Waals surface area contributed by atoms with Crippen molar-refractivity contribution in [2.75, 3.05) is 6.54 Å². The third kappa shape index (κ3) is 3.56. The zero-order valence-electron chi connectivity index (χ0n) is 12.2. The molecule has 2 amide bonds. The van der Waals surface area contributed by atoms with Crippen LogP contribution < -0.4 is 5.32 Å². The number of hydrogen-bond acceptors (Lipinski definition) is 3. The Bertz CT molecular complexity index is 317. The van der Waals surface area contributed by atoms with Gasteiger partial charge >= 0.3 is 0 Å². The lowest BCUT2D eigenvalue weighted by Gasteiger charge is -2.38. The summed E-state index contributed by atoms with van der Waals surface area (Å²) in [5.74, 6) is 0.321. The second kappa shape index (κ2) is 6.51. The molecule has 1 N–H and O–H groups in total. The van der Waals surface area contributed by atoms with E-state index in [0.717, 1.165) is 38.6 Å². The maximum absolute atomic E-state index is 12.1. The molecular formula is C15H26N2O2. The summed E-state index contributed by atoms with van der Waals surface area (Å²) >= 11 is 0. The van der Waals surface area contributed by atoms with Crippen LogP contribution in [0.2, 0.25) is 0 Å². The molecule has 2 aliphatic rings. The topological polar surface area (TPSA) is 49.4 Å². The fraction of sp³-hybridized carbons (Fsp3) is 0.867. The minimum absolute atomic E-state index is 0.0497. The van der Waals surface area contributed by atoms with Gasteiger partial charge in [0.1, 0.15) is 0 Å². The molecule has 1 saturated heterocycles. The Morgan fingerprint density at radius 1 is 1.11 bits per heavy atom. The van der Waals surface area contributed by atoms with Crippen LogP contribution in [0.5, 0.6) is 0 Å². The minimum atomic E-state index is 0.0497. The molecule has 19 heavy (non-hydrogen) atoms. The number of carbonyl (C=O) groups excluding carboxylic acids is 2. The van der Waals surface area contributed by atoms with Crippen LogP contribution in [0, 0.1) is 5.92 Å². The van der Waals surface area contributed by atoms with Gasteiger partial charge in [-0.15, -0.1) is 0 Å². The van der Waals surface area contributed by atoms with E-state index in [-0.39, 0.29) is 23.8 Å². The number of likely N-dealkylation sites (tertiary alicyclic amines) is 1.